The maximum Gasteiger partial charge on any atom is 0.0641 e. The van der Waals surface area contributed by atoms with Crippen LogP contribution in [0.25, 0.3) is 11.1 Å². The SMILES string of the molecule is CCCCC(Br)c1cc(-c2ccccc2)c(C)n1CCOC. The van der Waals surface area contributed by atoms with Crippen LogP contribution in [0.4, 0.5) is 0 Å². The average Bonchev–Trinajstić information content (AvgIpc) is 2.88. The lowest BCUT2D eigenvalue weighted by atomic mass is 10.1. The summed E-state index contributed by atoms with van der Waals surface area (Å²) in [6.07, 6.45) is 3.64. The standard InChI is InChI=1S/C19H26BrNO/c1-4-5-11-18(20)19-14-17(16-9-7-6-8-10-16)15(2)21(19)12-13-22-3/h6-10,14,18H,4-5,11-13H2,1-3H3. The van der Waals surface area contributed by atoms with Gasteiger partial charge >= 0.3 is 0 Å². The number of ether oxygens (including phenoxy) is 1. The predicted octanol–water partition coefficient (Wildman–Crippen LogP) is 5.74. The number of unbranched alkanes of at least 4 members (excludes halogenated alkanes) is 1. The van der Waals surface area contributed by atoms with Crippen LogP contribution in [0, 0.1) is 6.92 Å². The molecule has 0 aliphatic heterocycles. The van der Waals surface area contributed by atoms with Gasteiger partial charge in [-0.05, 0) is 25.0 Å². The summed E-state index contributed by atoms with van der Waals surface area (Å²) in [5.74, 6) is 0. The van der Waals surface area contributed by atoms with Gasteiger partial charge in [0.2, 0.25) is 0 Å². The highest BCUT2D eigenvalue weighted by Crippen LogP contribution is 2.35. The first-order chi connectivity index (χ1) is 10.7. The molecule has 0 bridgehead atoms. The van der Waals surface area contributed by atoms with Crippen LogP contribution in [-0.2, 0) is 11.3 Å². The number of halogens is 1. The number of aromatic nitrogens is 1. The van der Waals surface area contributed by atoms with Crippen molar-refractivity contribution in [3.05, 3.63) is 47.8 Å². The van der Waals surface area contributed by atoms with Crippen LogP contribution in [-0.4, -0.2) is 18.3 Å². The summed E-state index contributed by atoms with van der Waals surface area (Å²) in [6, 6.07) is 13.0. The van der Waals surface area contributed by atoms with Gasteiger partial charge in [0.05, 0.1) is 11.4 Å². The Balaban J connectivity index is 2.38. The van der Waals surface area contributed by atoms with Crippen LogP contribution in [0.3, 0.4) is 0 Å². The highest BCUT2D eigenvalue weighted by atomic mass is 79.9. The number of hydrogen-bond donors (Lipinski definition) is 0. The van der Waals surface area contributed by atoms with Gasteiger partial charge in [-0.2, -0.15) is 0 Å². The van der Waals surface area contributed by atoms with E-state index in [0.717, 1.165) is 13.2 Å². The van der Waals surface area contributed by atoms with E-state index in [4.69, 9.17) is 4.74 Å². The molecule has 1 unspecified atom stereocenters. The number of rotatable bonds is 8. The third-order valence-electron chi connectivity index (χ3n) is 4.13. The van der Waals surface area contributed by atoms with E-state index in [0.29, 0.717) is 4.83 Å². The summed E-state index contributed by atoms with van der Waals surface area (Å²) in [5, 5.41) is 0. The third kappa shape index (κ3) is 4.02. The highest BCUT2D eigenvalue weighted by Gasteiger charge is 2.18. The van der Waals surface area contributed by atoms with E-state index in [2.05, 4.69) is 70.7 Å². The Morgan fingerprint density at radius 1 is 1.23 bits per heavy atom. The molecule has 1 aromatic carbocycles. The van der Waals surface area contributed by atoms with E-state index in [-0.39, 0.29) is 0 Å². The first-order valence-corrected chi connectivity index (χ1v) is 8.99. The third-order valence-corrected chi connectivity index (χ3v) is 5.06. The Kier molecular flexibility index (Phi) is 6.71. The summed E-state index contributed by atoms with van der Waals surface area (Å²) in [6.45, 7) is 6.09. The Morgan fingerprint density at radius 3 is 2.59 bits per heavy atom. The molecule has 3 heteroatoms. The van der Waals surface area contributed by atoms with E-state index in [1.165, 1.54) is 41.8 Å². The van der Waals surface area contributed by atoms with Crippen LogP contribution in [0.15, 0.2) is 36.4 Å². The zero-order valence-corrected chi connectivity index (χ0v) is 15.4. The lowest BCUT2D eigenvalue weighted by Crippen LogP contribution is -2.10. The Bertz CT molecular complexity index is 577. The zero-order chi connectivity index (χ0) is 15.9. The molecule has 120 valence electrons. The molecule has 0 spiro atoms. The van der Waals surface area contributed by atoms with Crippen LogP contribution < -0.4 is 0 Å². The van der Waals surface area contributed by atoms with Gasteiger partial charge in [-0.15, -0.1) is 0 Å². The fraction of sp³-hybridized carbons (Fsp3) is 0.474. The van der Waals surface area contributed by atoms with Crippen molar-refractivity contribution in [3.63, 3.8) is 0 Å². The van der Waals surface area contributed by atoms with Crippen molar-refractivity contribution in [3.8, 4) is 11.1 Å². The van der Waals surface area contributed by atoms with Crippen molar-refractivity contribution in [1.82, 2.24) is 4.57 Å². The summed E-state index contributed by atoms with van der Waals surface area (Å²) in [4.78, 5) is 0.403. The number of methoxy groups -OCH3 is 1. The molecule has 0 fully saturated rings. The zero-order valence-electron chi connectivity index (χ0n) is 13.8. The molecule has 0 aliphatic rings. The molecule has 1 aromatic heterocycles. The minimum Gasteiger partial charge on any atom is -0.383 e. The molecule has 2 rings (SSSR count). The van der Waals surface area contributed by atoms with Crippen LogP contribution in [0.2, 0.25) is 0 Å². The number of benzene rings is 1. The van der Waals surface area contributed by atoms with Gasteiger partial charge in [0.1, 0.15) is 0 Å². The van der Waals surface area contributed by atoms with Crippen molar-refractivity contribution in [2.75, 3.05) is 13.7 Å². The molecule has 22 heavy (non-hydrogen) atoms. The molecule has 1 heterocycles. The van der Waals surface area contributed by atoms with Crippen molar-refractivity contribution in [2.45, 2.75) is 44.5 Å². The first-order valence-electron chi connectivity index (χ1n) is 8.07. The van der Waals surface area contributed by atoms with Crippen molar-refractivity contribution >= 4 is 15.9 Å². The molecular weight excluding hydrogens is 338 g/mol. The number of alkyl halides is 1. The molecule has 0 radical (unpaired) electrons. The summed E-state index contributed by atoms with van der Waals surface area (Å²) >= 11 is 3.89. The van der Waals surface area contributed by atoms with Crippen LogP contribution in [0.5, 0.6) is 0 Å². The summed E-state index contributed by atoms with van der Waals surface area (Å²) in [5.41, 5.74) is 5.29. The van der Waals surface area contributed by atoms with Gasteiger partial charge in [0, 0.05) is 30.6 Å². The fourth-order valence-corrected chi connectivity index (χ4v) is 3.55. The lowest BCUT2D eigenvalue weighted by molar-refractivity contribution is 0.186. The smallest absolute Gasteiger partial charge is 0.0641 e. The number of nitrogens with zero attached hydrogens (tertiary/aromatic N) is 1. The predicted molar refractivity (Wildman–Crippen MR) is 97.7 cm³/mol. The molecule has 1 atom stereocenters. The average molecular weight is 364 g/mol. The molecule has 0 N–H and O–H groups in total. The monoisotopic (exact) mass is 363 g/mol. The molecule has 0 amide bonds. The Morgan fingerprint density at radius 2 is 1.95 bits per heavy atom. The van der Waals surface area contributed by atoms with Gasteiger partial charge in [-0.3, -0.25) is 0 Å². The minimum absolute atomic E-state index is 0.403. The summed E-state index contributed by atoms with van der Waals surface area (Å²) in [7, 11) is 1.76. The Hall–Kier alpha value is -1.06. The fourth-order valence-electron chi connectivity index (χ4n) is 2.85. The van der Waals surface area contributed by atoms with Crippen LogP contribution >= 0.6 is 15.9 Å². The summed E-state index contributed by atoms with van der Waals surface area (Å²) < 4.78 is 7.70. The molecule has 2 aromatic rings. The quantitative estimate of drug-likeness (QED) is 0.545. The van der Waals surface area contributed by atoms with Gasteiger partial charge < -0.3 is 9.30 Å². The molecule has 0 saturated carbocycles. The van der Waals surface area contributed by atoms with E-state index in [1.807, 2.05) is 0 Å². The lowest BCUT2D eigenvalue weighted by Gasteiger charge is -2.15. The largest absolute Gasteiger partial charge is 0.383 e. The van der Waals surface area contributed by atoms with Crippen molar-refractivity contribution in [1.29, 1.82) is 0 Å². The van der Waals surface area contributed by atoms with Gasteiger partial charge in [-0.1, -0.05) is 66.0 Å². The second-order valence-electron chi connectivity index (χ2n) is 5.69. The first kappa shape index (κ1) is 17.3. The van der Waals surface area contributed by atoms with Crippen molar-refractivity contribution < 1.29 is 4.74 Å². The molecule has 2 nitrogen and oxygen atoms in total. The molecular formula is C19H26BrNO. The normalized spacial score (nSPS) is 12.5. The van der Waals surface area contributed by atoms with Gasteiger partial charge in [0.15, 0.2) is 0 Å². The second-order valence-corrected chi connectivity index (χ2v) is 6.79. The number of hydrogen-bond acceptors (Lipinski definition) is 1. The van der Waals surface area contributed by atoms with Gasteiger partial charge in [0.25, 0.3) is 0 Å². The topological polar surface area (TPSA) is 14.2 Å². The molecule has 0 aliphatic carbocycles. The van der Waals surface area contributed by atoms with Crippen molar-refractivity contribution in [2.24, 2.45) is 0 Å². The maximum absolute atomic E-state index is 5.30. The van der Waals surface area contributed by atoms with Gasteiger partial charge in [-0.25, -0.2) is 0 Å². The second kappa shape index (κ2) is 8.54. The van der Waals surface area contributed by atoms with Crippen LogP contribution in [0.1, 0.15) is 42.4 Å². The van der Waals surface area contributed by atoms with E-state index in [9.17, 15) is 0 Å². The maximum atomic E-state index is 5.30. The van der Waals surface area contributed by atoms with E-state index < -0.39 is 0 Å². The van der Waals surface area contributed by atoms with E-state index >= 15 is 0 Å². The highest BCUT2D eigenvalue weighted by molar-refractivity contribution is 9.09. The Labute approximate surface area is 142 Å². The minimum atomic E-state index is 0.403. The van der Waals surface area contributed by atoms with E-state index in [1.54, 1.807) is 7.11 Å². The molecule has 0 saturated heterocycles.